The average molecular weight is 329 g/mol. The van der Waals surface area contributed by atoms with E-state index in [1.54, 1.807) is 0 Å². The van der Waals surface area contributed by atoms with Crippen LogP contribution in [-0.2, 0) is 10.0 Å². The van der Waals surface area contributed by atoms with Crippen molar-refractivity contribution in [1.29, 1.82) is 0 Å². The fraction of sp³-hybridized carbons (Fsp3) is 0.538. The topological polar surface area (TPSA) is 111 Å². The Morgan fingerprint density at radius 2 is 2.27 bits per heavy atom. The first-order chi connectivity index (χ1) is 10.4. The Hall–Kier alpha value is -1.71. The van der Waals surface area contributed by atoms with Crippen LogP contribution in [0.5, 0.6) is 5.75 Å². The second-order valence-electron chi connectivity index (χ2n) is 5.16. The largest absolute Gasteiger partial charge is 0.495 e. The van der Waals surface area contributed by atoms with Crippen LogP contribution >= 0.6 is 0 Å². The van der Waals surface area contributed by atoms with Crippen LogP contribution in [0.25, 0.3) is 0 Å². The summed E-state index contributed by atoms with van der Waals surface area (Å²) in [6, 6.07) is 3.45. The van der Waals surface area contributed by atoms with Gasteiger partial charge in [-0.25, -0.2) is 13.1 Å². The molecule has 1 unspecified atom stereocenters. The summed E-state index contributed by atoms with van der Waals surface area (Å²) in [5.41, 5.74) is -0.215. The Balaban J connectivity index is 2.15. The van der Waals surface area contributed by atoms with Crippen molar-refractivity contribution in [3.8, 4) is 5.75 Å². The minimum Gasteiger partial charge on any atom is -0.495 e. The number of rotatable bonds is 6. The van der Waals surface area contributed by atoms with Gasteiger partial charge in [-0.05, 0) is 37.9 Å². The molecule has 122 valence electrons. The molecule has 2 N–H and O–H groups in total. The number of piperidine rings is 1. The molecule has 9 heteroatoms. The zero-order valence-corrected chi connectivity index (χ0v) is 13.1. The third kappa shape index (κ3) is 3.93. The molecule has 0 aliphatic carbocycles. The highest BCUT2D eigenvalue weighted by Gasteiger charge is 2.23. The number of ether oxygens (including phenoxy) is 1. The predicted octanol–water partition coefficient (Wildman–Crippen LogP) is 0.881. The molecule has 1 fully saturated rings. The fourth-order valence-corrected chi connectivity index (χ4v) is 3.66. The number of nitro benzene ring substituents is 1. The summed E-state index contributed by atoms with van der Waals surface area (Å²) in [6.45, 7) is 2.06. The highest BCUT2D eigenvalue weighted by Crippen LogP contribution is 2.28. The average Bonchev–Trinajstić information content (AvgIpc) is 2.53. The lowest BCUT2D eigenvalue weighted by molar-refractivity contribution is -0.385. The van der Waals surface area contributed by atoms with Crippen molar-refractivity contribution in [3.63, 3.8) is 0 Å². The molecule has 1 aromatic carbocycles. The molecule has 0 spiro atoms. The summed E-state index contributed by atoms with van der Waals surface area (Å²) in [5.74, 6) is 0.205. The first-order valence-corrected chi connectivity index (χ1v) is 8.45. The first-order valence-electron chi connectivity index (χ1n) is 6.97. The Kier molecular flexibility index (Phi) is 5.33. The molecular formula is C13H19N3O5S. The van der Waals surface area contributed by atoms with Gasteiger partial charge in [0.1, 0.15) is 10.6 Å². The highest BCUT2D eigenvalue weighted by molar-refractivity contribution is 7.89. The Bertz CT molecular complexity index is 641. The SMILES string of the molecule is COc1cc([N+](=O)[O-])ccc1S(=O)(=O)NCC1CCCNC1. The minimum atomic E-state index is -3.77. The molecule has 22 heavy (non-hydrogen) atoms. The molecule has 0 aromatic heterocycles. The van der Waals surface area contributed by atoms with Gasteiger partial charge in [0.2, 0.25) is 10.0 Å². The van der Waals surface area contributed by atoms with Crippen LogP contribution in [0.15, 0.2) is 23.1 Å². The summed E-state index contributed by atoms with van der Waals surface area (Å²) in [4.78, 5) is 10.0. The Labute approximate surface area is 129 Å². The molecule has 2 rings (SSSR count). The van der Waals surface area contributed by atoms with Gasteiger partial charge in [-0.15, -0.1) is 0 Å². The smallest absolute Gasteiger partial charge is 0.273 e. The molecule has 1 aliphatic rings. The maximum absolute atomic E-state index is 12.4. The zero-order valence-electron chi connectivity index (χ0n) is 12.2. The molecule has 0 radical (unpaired) electrons. The number of methoxy groups -OCH3 is 1. The van der Waals surface area contributed by atoms with E-state index in [1.165, 1.54) is 13.2 Å². The number of hydrogen-bond acceptors (Lipinski definition) is 6. The normalized spacial score (nSPS) is 18.9. The highest BCUT2D eigenvalue weighted by atomic mass is 32.2. The number of nitrogens with one attached hydrogen (secondary N) is 2. The number of non-ortho nitro benzene ring substituents is 1. The molecule has 0 saturated carbocycles. The van der Waals surface area contributed by atoms with E-state index in [-0.39, 0.29) is 22.3 Å². The zero-order chi connectivity index (χ0) is 16.2. The number of nitro groups is 1. The molecule has 1 aromatic rings. The molecule has 8 nitrogen and oxygen atoms in total. The van der Waals surface area contributed by atoms with Gasteiger partial charge < -0.3 is 10.1 Å². The lowest BCUT2D eigenvalue weighted by Crippen LogP contribution is -2.38. The maximum atomic E-state index is 12.4. The van der Waals surface area contributed by atoms with Gasteiger partial charge in [-0.3, -0.25) is 10.1 Å². The molecule has 1 saturated heterocycles. The van der Waals surface area contributed by atoms with Crippen LogP contribution in [0.2, 0.25) is 0 Å². The van der Waals surface area contributed by atoms with E-state index in [0.29, 0.717) is 6.54 Å². The Morgan fingerprint density at radius 1 is 1.50 bits per heavy atom. The van der Waals surface area contributed by atoms with E-state index in [2.05, 4.69) is 10.0 Å². The molecule has 1 atom stereocenters. The standard InChI is InChI=1S/C13H19N3O5S/c1-21-12-7-11(16(17)18)4-5-13(12)22(19,20)15-9-10-3-2-6-14-8-10/h4-5,7,10,14-15H,2-3,6,8-9H2,1H3. The monoisotopic (exact) mass is 329 g/mol. The summed E-state index contributed by atoms with van der Waals surface area (Å²) in [5, 5.41) is 14.0. The quantitative estimate of drug-likeness (QED) is 0.592. The van der Waals surface area contributed by atoms with Crippen molar-refractivity contribution in [2.75, 3.05) is 26.7 Å². The fourth-order valence-electron chi connectivity index (χ4n) is 2.40. The van der Waals surface area contributed by atoms with Crippen LogP contribution < -0.4 is 14.8 Å². The predicted molar refractivity (Wildman–Crippen MR) is 80.4 cm³/mol. The van der Waals surface area contributed by atoms with Crippen LogP contribution in [0.3, 0.4) is 0 Å². The molecule has 0 amide bonds. The van der Waals surface area contributed by atoms with Gasteiger partial charge in [0, 0.05) is 12.6 Å². The van der Waals surface area contributed by atoms with Gasteiger partial charge in [0.05, 0.1) is 18.1 Å². The van der Waals surface area contributed by atoms with Crippen molar-refractivity contribution in [3.05, 3.63) is 28.3 Å². The van der Waals surface area contributed by atoms with Crippen molar-refractivity contribution in [2.24, 2.45) is 5.92 Å². The number of sulfonamides is 1. The van der Waals surface area contributed by atoms with Crippen molar-refractivity contribution in [1.82, 2.24) is 10.0 Å². The third-order valence-electron chi connectivity index (χ3n) is 3.61. The summed E-state index contributed by atoms with van der Waals surface area (Å²) >= 11 is 0. The van der Waals surface area contributed by atoms with Crippen molar-refractivity contribution < 1.29 is 18.1 Å². The summed E-state index contributed by atoms with van der Waals surface area (Å²) < 4.78 is 32.2. The van der Waals surface area contributed by atoms with Crippen molar-refractivity contribution >= 4 is 15.7 Å². The van der Waals surface area contributed by atoms with Crippen molar-refractivity contribution in [2.45, 2.75) is 17.7 Å². The molecule has 1 heterocycles. The Morgan fingerprint density at radius 3 is 2.86 bits per heavy atom. The number of hydrogen-bond donors (Lipinski definition) is 2. The molecular weight excluding hydrogens is 310 g/mol. The van der Waals surface area contributed by atoms with Gasteiger partial charge in [-0.2, -0.15) is 0 Å². The number of benzene rings is 1. The van der Waals surface area contributed by atoms with E-state index in [9.17, 15) is 18.5 Å². The minimum absolute atomic E-state index is 0.0385. The second-order valence-corrected chi connectivity index (χ2v) is 6.89. The van der Waals surface area contributed by atoms with Gasteiger partial charge in [0.15, 0.2) is 0 Å². The van der Waals surface area contributed by atoms with Gasteiger partial charge in [0.25, 0.3) is 5.69 Å². The van der Waals surface area contributed by atoms with Gasteiger partial charge >= 0.3 is 0 Å². The van der Waals surface area contributed by atoms with Crippen LogP contribution in [0.1, 0.15) is 12.8 Å². The van der Waals surface area contributed by atoms with E-state index in [1.807, 2.05) is 0 Å². The number of nitrogens with zero attached hydrogens (tertiary/aromatic N) is 1. The first kappa shape index (κ1) is 16.7. The lowest BCUT2D eigenvalue weighted by Gasteiger charge is -2.23. The maximum Gasteiger partial charge on any atom is 0.273 e. The molecule has 0 bridgehead atoms. The van der Waals surface area contributed by atoms with E-state index in [4.69, 9.17) is 4.74 Å². The van der Waals surface area contributed by atoms with Gasteiger partial charge in [-0.1, -0.05) is 0 Å². The third-order valence-corrected chi connectivity index (χ3v) is 5.07. The summed E-state index contributed by atoms with van der Waals surface area (Å²) in [7, 11) is -2.49. The van der Waals surface area contributed by atoms with Crippen LogP contribution in [0, 0.1) is 16.0 Å². The molecule has 1 aliphatic heterocycles. The van der Waals surface area contributed by atoms with E-state index < -0.39 is 14.9 Å². The van der Waals surface area contributed by atoms with Crippen LogP contribution in [0.4, 0.5) is 5.69 Å². The van der Waals surface area contributed by atoms with Crippen LogP contribution in [-0.4, -0.2) is 40.1 Å². The van der Waals surface area contributed by atoms with E-state index >= 15 is 0 Å². The van der Waals surface area contributed by atoms with E-state index in [0.717, 1.165) is 38.1 Å². The second kappa shape index (κ2) is 7.03. The summed E-state index contributed by atoms with van der Waals surface area (Å²) in [6.07, 6.45) is 1.99. The lowest BCUT2D eigenvalue weighted by atomic mass is 10.0.